The molecule has 2 fully saturated rings. The lowest BCUT2D eigenvalue weighted by Crippen LogP contribution is -2.47. The predicted octanol–water partition coefficient (Wildman–Crippen LogP) is 1.82. The highest BCUT2D eigenvalue weighted by atomic mass is 16.7. The fourth-order valence-electron chi connectivity index (χ4n) is 3.84. The summed E-state index contributed by atoms with van der Waals surface area (Å²) in [4.78, 5) is 25.8. The molecule has 3 rings (SSSR count). The summed E-state index contributed by atoms with van der Waals surface area (Å²) in [6.07, 6.45) is 0.897. The van der Waals surface area contributed by atoms with Crippen LogP contribution in [0.5, 0.6) is 0 Å². The minimum atomic E-state index is -0.618. The summed E-state index contributed by atoms with van der Waals surface area (Å²) < 4.78 is 20.1. The normalized spacial score (nSPS) is 32.3. The number of fused-ring (bicyclic) bond motifs is 2. The van der Waals surface area contributed by atoms with Crippen molar-refractivity contribution in [1.82, 2.24) is 9.55 Å². The Morgan fingerprint density at radius 3 is 2.52 bits per heavy atom. The number of aromatic nitrogens is 2. The monoisotopic (exact) mass is 352 g/mol. The highest BCUT2D eigenvalue weighted by molar-refractivity contribution is 5.10. The summed E-state index contributed by atoms with van der Waals surface area (Å²) in [6, 6.07) is 1.31. The van der Waals surface area contributed by atoms with Gasteiger partial charge >= 0.3 is 5.69 Å². The molecule has 2 aliphatic heterocycles. The quantitative estimate of drug-likeness (QED) is 0.897. The molecule has 25 heavy (non-hydrogen) atoms. The fraction of sp³-hybridized carbons (Fsp3) is 0.778. The van der Waals surface area contributed by atoms with Crippen LogP contribution in [-0.4, -0.2) is 39.6 Å². The Balaban J connectivity index is 2.00. The molecule has 2 bridgehead atoms. The molecular weight excluding hydrogens is 324 g/mol. The molecule has 0 spiro atoms. The third kappa shape index (κ3) is 3.59. The van der Waals surface area contributed by atoms with Crippen molar-refractivity contribution in [2.24, 2.45) is 5.41 Å². The van der Waals surface area contributed by atoms with Crippen LogP contribution in [0.2, 0.25) is 0 Å². The number of H-pyrrole nitrogens is 1. The Labute approximate surface area is 147 Å². The predicted molar refractivity (Wildman–Crippen MR) is 92.6 cm³/mol. The molecule has 7 nitrogen and oxygen atoms in total. The van der Waals surface area contributed by atoms with Crippen LogP contribution < -0.4 is 11.2 Å². The van der Waals surface area contributed by atoms with Crippen LogP contribution in [0.3, 0.4) is 0 Å². The van der Waals surface area contributed by atoms with E-state index in [0.717, 1.165) is 6.42 Å². The fourth-order valence-corrected chi connectivity index (χ4v) is 3.84. The summed E-state index contributed by atoms with van der Waals surface area (Å²) in [5.41, 5.74) is -1.92. The van der Waals surface area contributed by atoms with Crippen molar-refractivity contribution < 1.29 is 14.2 Å². The Morgan fingerprint density at radius 2 is 1.96 bits per heavy atom. The molecule has 0 aromatic carbocycles. The number of ether oxygens (including phenoxy) is 3. The topological polar surface area (TPSA) is 82.5 Å². The lowest BCUT2D eigenvalue weighted by atomic mass is 9.80. The van der Waals surface area contributed by atoms with E-state index < -0.39 is 29.2 Å². The second kappa shape index (κ2) is 5.79. The van der Waals surface area contributed by atoms with E-state index in [1.54, 1.807) is 0 Å². The molecule has 1 unspecified atom stereocenters. The van der Waals surface area contributed by atoms with E-state index in [9.17, 15) is 9.59 Å². The number of hydrogen-bond donors (Lipinski definition) is 1. The minimum Gasteiger partial charge on any atom is -0.368 e. The molecule has 4 atom stereocenters. The van der Waals surface area contributed by atoms with Crippen LogP contribution in [0.4, 0.5) is 0 Å². The highest BCUT2D eigenvalue weighted by Crippen LogP contribution is 2.51. The Kier molecular flexibility index (Phi) is 4.25. The van der Waals surface area contributed by atoms with Gasteiger partial charge in [-0.15, -0.1) is 0 Å². The van der Waals surface area contributed by atoms with Gasteiger partial charge in [0.25, 0.3) is 5.56 Å². The average molecular weight is 352 g/mol. The highest BCUT2D eigenvalue weighted by Gasteiger charge is 2.64. The van der Waals surface area contributed by atoms with Gasteiger partial charge in [-0.3, -0.25) is 14.3 Å². The second-order valence-corrected chi connectivity index (χ2v) is 9.25. The van der Waals surface area contributed by atoms with Gasteiger partial charge < -0.3 is 14.2 Å². The number of rotatable bonds is 3. The van der Waals surface area contributed by atoms with Crippen molar-refractivity contribution in [3.8, 4) is 0 Å². The van der Waals surface area contributed by atoms with E-state index in [0.29, 0.717) is 6.61 Å². The summed E-state index contributed by atoms with van der Waals surface area (Å²) >= 11 is 0. The van der Waals surface area contributed by atoms with Gasteiger partial charge in [-0.25, -0.2) is 4.79 Å². The van der Waals surface area contributed by atoms with E-state index >= 15 is 0 Å². The lowest BCUT2D eigenvalue weighted by molar-refractivity contribution is -0.189. The van der Waals surface area contributed by atoms with Crippen LogP contribution in [0, 0.1) is 5.41 Å². The SMILES string of the molecule is CC(C)(C)C[C@]12CO[C@@H](C1OC(C)(C)C)[C@H](n1ccc(=O)[nH]c1=O)O2. The molecular formula is C18H28N2O5. The summed E-state index contributed by atoms with van der Waals surface area (Å²) in [5, 5.41) is 0. The Bertz CT molecular complexity index is 754. The summed E-state index contributed by atoms with van der Waals surface area (Å²) in [7, 11) is 0. The van der Waals surface area contributed by atoms with Gasteiger partial charge in [-0.1, -0.05) is 20.8 Å². The average Bonchev–Trinajstić information content (AvgIpc) is 2.85. The van der Waals surface area contributed by atoms with Crippen molar-refractivity contribution in [1.29, 1.82) is 0 Å². The van der Waals surface area contributed by atoms with Gasteiger partial charge in [0, 0.05) is 12.3 Å². The lowest BCUT2D eigenvalue weighted by Gasteiger charge is -2.38. The van der Waals surface area contributed by atoms with Crippen molar-refractivity contribution in [2.45, 2.75) is 77.6 Å². The zero-order valence-corrected chi connectivity index (χ0v) is 15.8. The van der Waals surface area contributed by atoms with Crippen LogP contribution >= 0.6 is 0 Å². The third-order valence-corrected chi connectivity index (χ3v) is 4.41. The van der Waals surface area contributed by atoms with E-state index in [2.05, 4.69) is 25.8 Å². The molecule has 140 valence electrons. The van der Waals surface area contributed by atoms with Crippen molar-refractivity contribution >= 4 is 0 Å². The van der Waals surface area contributed by atoms with E-state index in [1.807, 2.05) is 20.8 Å². The first-order chi connectivity index (χ1) is 11.4. The van der Waals surface area contributed by atoms with Gasteiger partial charge in [0.05, 0.1) is 12.2 Å². The molecule has 7 heteroatoms. The van der Waals surface area contributed by atoms with Gasteiger partial charge in [-0.2, -0.15) is 0 Å². The molecule has 0 radical (unpaired) electrons. The molecule has 0 aliphatic carbocycles. The van der Waals surface area contributed by atoms with E-state index in [1.165, 1.54) is 16.8 Å². The smallest absolute Gasteiger partial charge is 0.330 e. The van der Waals surface area contributed by atoms with Gasteiger partial charge in [-0.05, 0) is 32.6 Å². The Morgan fingerprint density at radius 1 is 1.28 bits per heavy atom. The van der Waals surface area contributed by atoms with Crippen LogP contribution in [0.25, 0.3) is 0 Å². The maximum Gasteiger partial charge on any atom is 0.330 e. The van der Waals surface area contributed by atoms with Crippen molar-refractivity contribution in [2.75, 3.05) is 6.61 Å². The summed E-state index contributed by atoms with van der Waals surface area (Å²) in [6.45, 7) is 12.9. The summed E-state index contributed by atoms with van der Waals surface area (Å²) in [5.74, 6) is 0. The molecule has 1 aromatic heterocycles. The zero-order chi connectivity index (χ0) is 18.6. The van der Waals surface area contributed by atoms with Crippen LogP contribution in [-0.2, 0) is 14.2 Å². The molecule has 0 saturated carbocycles. The minimum absolute atomic E-state index is 0.00258. The molecule has 1 N–H and O–H groups in total. The van der Waals surface area contributed by atoms with Gasteiger partial charge in [0.2, 0.25) is 0 Å². The molecule has 2 aliphatic rings. The maximum absolute atomic E-state index is 12.2. The third-order valence-electron chi connectivity index (χ3n) is 4.41. The first-order valence-corrected chi connectivity index (χ1v) is 8.69. The molecule has 2 saturated heterocycles. The Hall–Kier alpha value is -1.44. The van der Waals surface area contributed by atoms with Crippen LogP contribution in [0.1, 0.15) is 54.2 Å². The van der Waals surface area contributed by atoms with E-state index in [4.69, 9.17) is 14.2 Å². The van der Waals surface area contributed by atoms with Crippen molar-refractivity contribution in [3.63, 3.8) is 0 Å². The number of nitrogens with one attached hydrogen (secondary N) is 1. The molecule has 0 amide bonds. The van der Waals surface area contributed by atoms with Gasteiger partial charge in [0.1, 0.15) is 17.8 Å². The van der Waals surface area contributed by atoms with Crippen molar-refractivity contribution in [3.05, 3.63) is 33.1 Å². The molecule has 3 heterocycles. The van der Waals surface area contributed by atoms with Gasteiger partial charge in [0.15, 0.2) is 6.23 Å². The number of nitrogens with zero attached hydrogens (tertiary/aromatic N) is 1. The maximum atomic E-state index is 12.2. The largest absolute Gasteiger partial charge is 0.368 e. The number of hydrogen-bond acceptors (Lipinski definition) is 5. The molecule has 1 aromatic rings. The standard InChI is InChI=1S/C18H28N2O5/c1-16(2,3)9-18-10-23-12(13(18)24-17(4,5)6)14(25-18)20-8-7-11(21)19-15(20)22/h7-8,12-14H,9-10H2,1-6H3,(H,19,21,22)/t12-,13?,14+,18-/m0/s1. The first-order valence-electron chi connectivity index (χ1n) is 8.69. The van der Waals surface area contributed by atoms with Crippen LogP contribution in [0.15, 0.2) is 21.9 Å². The number of aromatic amines is 1. The first kappa shape index (κ1) is 18.4. The zero-order valence-electron chi connectivity index (χ0n) is 15.8. The van der Waals surface area contributed by atoms with E-state index in [-0.39, 0.29) is 17.1 Å². The second-order valence-electron chi connectivity index (χ2n) is 9.25.